The van der Waals surface area contributed by atoms with Crippen molar-refractivity contribution in [2.45, 2.75) is 26.2 Å². The zero-order valence-electron chi connectivity index (χ0n) is 10.4. The Balaban J connectivity index is 1.90. The van der Waals surface area contributed by atoms with E-state index in [9.17, 15) is 4.79 Å². The van der Waals surface area contributed by atoms with Gasteiger partial charge in [-0.1, -0.05) is 13.3 Å². The Hall–Kier alpha value is -1.52. The van der Waals surface area contributed by atoms with Crippen LogP contribution in [0.3, 0.4) is 0 Å². The smallest absolute Gasteiger partial charge is 0.271 e. The molecule has 0 saturated heterocycles. The number of rotatable bonds is 3. The van der Waals surface area contributed by atoms with Crippen LogP contribution in [-0.2, 0) is 7.05 Å². The Bertz CT molecular complexity index is 393. The third kappa shape index (κ3) is 2.60. The standard InChI is InChI=1S/C12H20N4O/c1-8-3-4-9(5-8)6-14-12(17)11-10(13)7-15-16(11)2/h7-9H,3-6,13H2,1-2H3,(H,14,17). The number of carbonyl (C=O) groups is 1. The van der Waals surface area contributed by atoms with Gasteiger partial charge in [-0.15, -0.1) is 0 Å². The van der Waals surface area contributed by atoms with E-state index < -0.39 is 0 Å². The van der Waals surface area contributed by atoms with Crippen LogP contribution in [0.4, 0.5) is 5.69 Å². The van der Waals surface area contributed by atoms with Gasteiger partial charge in [0.05, 0.1) is 11.9 Å². The zero-order valence-corrected chi connectivity index (χ0v) is 10.4. The van der Waals surface area contributed by atoms with Gasteiger partial charge in [0.2, 0.25) is 0 Å². The summed E-state index contributed by atoms with van der Waals surface area (Å²) in [6.07, 6.45) is 5.20. The monoisotopic (exact) mass is 236 g/mol. The van der Waals surface area contributed by atoms with Crippen LogP contribution in [0.2, 0.25) is 0 Å². The minimum atomic E-state index is -0.123. The number of aromatic nitrogens is 2. The van der Waals surface area contributed by atoms with Crippen molar-refractivity contribution in [3.05, 3.63) is 11.9 Å². The first kappa shape index (κ1) is 12.0. The van der Waals surface area contributed by atoms with Crippen LogP contribution in [0.15, 0.2) is 6.20 Å². The molecule has 0 aromatic carbocycles. The summed E-state index contributed by atoms with van der Waals surface area (Å²) in [7, 11) is 1.73. The highest BCUT2D eigenvalue weighted by Gasteiger charge is 2.22. The van der Waals surface area contributed by atoms with E-state index in [2.05, 4.69) is 17.3 Å². The molecule has 5 nitrogen and oxygen atoms in total. The number of nitrogens with zero attached hydrogens (tertiary/aromatic N) is 2. The molecule has 94 valence electrons. The van der Waals surface area contributed by atoms with Crippen LogP contribution in [0.25, 0.3) is 0 Å². The first-order chi connectivity index (χ1) is 8.08. The average molecular weight is 236 g/mol. The van der Waals surface area contributed by atoms with Crippen molar-refractivity contribution in [3.8, 4) is 0 Å². The van der Waals surface area contributed by atoms with Gasteiger partial charge < -0.3 is 11.1 Å². The lowest BCUT2D eigenvalue weighted by Crippen LogP contribution is -2.30. The van der Waals surface area contributed by atoms with E-state index in [-0.39, 0.29) is 5.91 Å². The molecule has 1 aromatic heterocycles. The van der Waals surface area contributed by atoms with E-state index in [4.69, 9.17) is 5.73 Å². The topological polar surface area (TPSA) is 72.9 Å². The van der Waals surface area contributed by atoms with Crippen molar-refractivity contribution in [1.82, 2.24) is 15.1 Å². The molecule has 0 radical (unpaired) electrons. The number of hydrogen-bond donors (Lipinski definition) is 2. The molecule has 2 atom stereocenters. The van der Waals surface area contributed by atoms with Gasteiger partial charge in [0, 0.05) is 13.6 Å². The summed E-state index contributed by atoms with van der Waals surface area (Å²) in [5.41, 5.74) is 6.59. The van der Waals surface area contributed by atoms with Gasteiger partial charge in [-0.3, -0.25) is 9.48 Å². The highest BCUT2D eigenvalue weighted by atomic mass is 16.2. The normalized spacial score (nSPS) is 23.9. The van der Waals surface area contributed by atoms with Crippen LogP contribution in [0.5, 0.6) is 0 Å². The number of nitrogen functional groups attached to an aromatic ring is 1. The van der Waals surface area contributed by atoms with Crippen LogP contribution in [0.1, 0.15) is 36.7 Å². The molecule has 17 heavy (non-hydrogen) atoms. The summed E-state index contributed by atoms with van der Waals surface area (Å²) < 4.78 is 1.52. The Labute approximate surface area is 101 Å². The molecule has 1 saturated carbocycles. The van der Waals surface area contributed by atoms with Crippen LogP contribution >= 0.6 is 0 Å². The van der Waals surface area contributed by atoms with E-state index in [1.165, 1.54) is 30.1 Å². The minimum Gasteiger partial charge on any atom is -0.396 e. The third-order valence-corrected chi connectivity index (χ3v) is 3.54. The maximum Gasteiger partial charge on any atom is 0.271 e. The van der Waals surface area contributed by atoms with E-state index in [1.807, 2.05) is 0 Å². The van der Waals surface area contributed by atoms with E-state index in [0.29, 0.717) is 17.3 Å². The van der Waals surface area contributed by atoms with Crippen molar-refractivity contribution >= 4 is 11.6 Å². The van der Waals surface area contributed by atoms with Crippen molar-refractivity contribution in [2.24, 2.45) is 18.9 Å². The number of aryl methyl sites for hydroxylation is 1. The van der Waals surface area contributed by atoms with E-state index >= 15 is 0 Å². The average Bonchev–Trinajstić information content (AvgIpc) is 2.83. The highest BCUT2D eigenvalue weighted by molar-refractivity contribution is 5.97. The molecule has 1 aliphatic carbocycles. The fourth-order valence-corrected chi connectivity index (χ4v) is 2.56. The quantitative estimate of drug-likeness (QED) is 0.827. The Morgan fingerprint density at radius 2 is 2.41 bits per heavy atom. The van der Waals surface area contributed by atoms with Crippen LogP contribution in [0, 0.1) is 11.8 Å². The lowest BCUT2D eigenvalue weighted by molar-refractivity contribution is 0.0938. The summed E-state index contributed by atoms with van der Waals surface area (Å²) in [4.78, 5) is 11.9. The maximum absolute atomic E-state index is 11.9. The molecular formula is C12H20N4O. The van der Waals surface area contributed by atoms with Crippen molar-refractivity contribution in [2.75, 3.05) is 12.3 Å². The fraction of sp³-hybridized carbons (Fsp3) is 0.667. The zero-order chi connectivity index (χ0) is 12.4. The molecule has 2 unspecified atom stereocenters. The lowest BCUT2D eigenvalue weighted by Gasteiger charge is -2.11. The number of anilines is 1. The number of nitrogens with two attached hydrogens (primary N) is 1. The highest BCUT2D eigenvalue weighted by Crippen LogP contribution is 2.29. The summed E-state index contributed by atoms with van der Waals surface area (Å²) in [6.45, 7) is 3.01. The predicted octanol–water partition coefficient (Wildman–Crippen LogP) is 1.17. The van der Waals surface area contributed by atoms with Gasteiger partial charge in [0.15, 0.2) is 0 Å². The summed E-state index contributed by atoms with van der Waals surface area (Å²) in [5.74, 6) is 1.28. The van der Waals surface area contributed by atoms with Gasteiger partial charge in [-0.05, 0) is 24.7 Å². The van der Waals surface area contributed by atoms with Crippen LogP contribution in [-0.4, -0.2) is 22.2 Å². The van der Waals surface area contributed by atoms with E-state index in [0.717, 1.165) is 12.5 Å². The molecule has 3 N–H and O–H groups in total. The van der Waals surface area contributed by atoms with Crippen molar-refractivity contribution in [3.63, 3.8) is 0 Å². The molecule has 0 bridgehead atoms. The summed E-state index contributed by atoms with van der Waals surface area (Å²) in [5, 5.41) is 6.91. The molecule has 1 heterocycles. The summed E-state index contributed by atoms with van der Waals surface area (Å²) in [6, 6.07) is 0. The summed E-state index contributed by atoms with van der Waals surface area (Å²) >= 11 is 0. The first-order valence-electron chi connectivity index (χ1n) is 6.13. The number of hydrogen-bond acceptors (Lipinski definition) is 3. The minimum absolute atomic E-state index is 0.123. The van der Waals surface area contributed by atoms with Gasteiger partial charge in [-0.25, -0.2) is 0 Å². The van der Waals surface area contributed by atoms with Crippen molar-refractivity contribution < 1.29 is 4.79 Å². The Kier molecular flexibility index (Phi) is 3.36. The first-order valence-corrected chi connectivity index (χ1v) is 6.13. The second-order valence-electron chi connectivity index (χ2n) is 5.07. The van der Waals surface area contributed by atoms with Gasteiger partial charge in [-0.2, -0.15) is 5.10 Å². The predicted molar refractivity (Wildman–Crippen MR) is 66.5 cm³/mol. The molecule has 2 rings (SSSR count). The molecule has 1 amide bonds. The fourth-order valence-electron chi connectivity index (χ4n) is 2.56. The van der Waals surface area contributed by atoms with Crippen molar-refractivity contribution in [1.29, 1.82) is 0 Å². The molecule has 1 fully saturated rings. The largest absolute Gasteiger partial charge is 0.396 e. The maximum atomic E-state index is 11.9. The molecule has 0 spiro atoms. The Morgan fingerprint density at radius 3 is 2.94 bits per heavy atom. The van der Waals surface area contributed by atoms with Crippen LogP contribution < -0.4 is 11.1 Å². The number of amides is 1. The molecule has 1 aromatic rings. The molecular weight excluding hydrogens is 216 g/mol. The Morgan fingerprint density at radius 1 is 1.65 bits per heavy atom. The number of carbonyl (C=O) groups excluding carboxylic acids is 1. The second kappa shape index (κ2) is 4.77. The van der Waals surface area contributed by atoms with Gasteiger partial charge >= 0.3 is 0 Å². The third-order valence-electron chi connectivity index (χ3n) is 3.54. The van der Waals surface area contributed by atoms with Gasteiger partial charge in [0.25, 0.3) is 5.91 Å². The SMILES string of the molecule is CC1CCC(CNC(=O)c2c(N)cnn2C)C1. The molecule has 0 aliphatic heterocycles. The lowest BCUT2D eigenvalue weighted by atomic mass is 10.1. The molecule has 5 heteroatoms. The second-order valence-corrected chi connectivity index (χ2v) is 5.07. The van der Waals surface area contributed by atoms with E-state index in [1.54, 1.807) is 7.05 Å². The molecule has 1 aliphatic rings. The number of nitrogens with one attached hydrogen (secondary N) is 1. The van der Waals surface area contributed by atoms with Gasteiger partial charge in [0.1, 0.15) is 5.69 Å².